The van der Waals surface area contributed by atoms with Crippen molar-refractivity contribution in [2.45, 2.75) is 33.7 Å². The summed E-state index contributed by atoms with van der Waals surface area (Å²) in [7, 11) is 1.64. The van der Waals surface area contributed by atoms with Gasteiger partial charge in [-0.15, -0.1) is 0 Å². The summed E-state index contributed by atoms with van der Waals surface area (Å²) >= 11 is 1.41. The molecule has 1 rings (SSSR count). The lowest BCUT2D eigenvalue weighted by atomic mass is 10.2. The number of nitrogens with two attached hydrogens (primary N) is 1. The van der Waals surface area contributed by atoms with E-state index >= 15 is 0 Å². The van der Waals surface area contributed by atoms with E-state index in [0.29, 0.717) is 23.5 Å². The quantitative estimate of drug-likeness (QED) is 0.863. The number of hydrogen-bond acceptors (Lipinski definition) is 5. The third-order valence-electron chi connectivity index (χ3n) is 2.31. The number of methoxy groups -OCH3 is 1. The zero-order valence-corrected chi connectivity index (χ0v) is 11.5. The summed E-state index contributed by atoms with van der Waals surface area (Å²) in [5.41, 5.74) is 5.77. The van der Waals surface area contributed by atoms with Crippen LogP contribution in [0.5, 0.6) is 5.75 Å². The van der Waals surface area contributed by atoms with Gasteiger partial charge in [-0.25, -0.2) is 0 Å². The third kappa shape index (κ3) is 2.78. The highest BCUT2D eigenvalue weighted by atomic mass is 32.1. The van der Waals surface area contributed by atoms with Crippen molar-refractivity contribution in [3.63, 3.8) is 0 Å². The molecular formula is C11H21N3OS. The maximum Gasteiger partial charge on any atom is 0.197 e. The van der Waals surface area contributed by atoms with Gasteiger partial charge in [0.25, 0.3) is 0 Å². The minimum absolute atomic E-state index is 0.413. The highest BCUT2D eigenvalue weighted by molar-refractivity contribution is 7.11. The van der Waals surface area contributed by atoms with Gasteiger partial charge in [0.05, 0.1) is 7.11 Å². The zero-order chi connectivity index (χ0) is 12.3. The Balaban J connectivity index is 3.00. The average Bonchev–Trinajstić information content (AvgIpc) is 2.55. The van der Waals surface area contributed by atoms with E-state index in [1.165, 1.54) is 11.5 Å². The van der Waals surface area contributed by atoms with Gasteiger partial charge in [-0.05, 0) is 31.3 Å². The van der Waals surface area contributed by atoms with Crippen LogP contribution in [0, 0.1) is 5.92 Å². The van der Waals surface area contributed by atoms with E-state index in [-0.39, 0.29) is 0 Å². The number of ether oxygens (including phenoxy) is 1. The molecule has 0 radical (unpaired) electrons. The maximum absolute atomic E-state index is 5.77. The van der Waals surface area contributed by atoms with Crippen molar-refractivity contribution in [2.24, 2.45) is 5.92 Å². The van der Waals surface area contributed by atoms with Gasteiger partial charge in [0.15, 0.2) is 16.6 Å². The van der Waals surface area contributed by atoms with Gasteiger partial charge in [0.2, 0.25) is 0 Å². The Morgan fingerprint density at radius 2 is 2.00 bits per heavy atom. The van der Waals surface area contributed by atoms with E-state index in [4.69, 9.17) is 10.5 Å². The highest BCUT2D eigenvalue weighted by Gasteiger charge is 2.21. The van der Waals surface area contributed by atoms with E-state index < -0.39 is 0 Å². The topological polar surface area (TPSA) is 51.4 Å². The first kappa shape index (κ1) is 13.1. The summed E-state index contributed by atoms with van der Waals surface area (Å²) in [5, 5.41) is 1.03. The Kier molecular flexibility index (Phi) is 4.41. The molecule has 0 unspecified atom stereocenters. The van der Waals surface area contributed by atoms with Crippen LogP contribution in [0.2, 0.25) is 0 Å². The second-order valence-electron chi connectivity index (χ2n) is 4.55. The van der Waals surface area contributed by atoms with Crippen molar-refractivity contribution in [1.29, 1.82) is 0 Å². The average molecular weight is 243 g/mol. The molecule has 5 heteroatoms. The van der Waals surface area contributed by atoms with E-state index in [2.05, 4.69) is 37.0 Å². The van der Waals surface area contributed by atoms with Gasteiger partial charge in [0.1, 0.15) is 0 Å². The summed E-state index contributed by atoms with van der Waals surface area (Å²) in [6.07, 6.45) is 0. The largest absolute Gasteiger partial charge is 0.490 e. The molecule has 1 aromatic heterocycles. The fourth-order valence-electron chi connectivity index (χ4n) is 1.58. The minimum atomic E-state index is 0.413. The zero-order valence-electron chi connectivity index (χ0n) is 10.7. The SMILES string of the molecule is COc1c(N)nsc1N(CC(C)C)C(C)C. The molecule has 1 heterocycles. The standard InChI is InChI=1S/C11H21N3OS/c1-7(2)6-14(8(3)4)11-9(15-5)10(12)13-16-11/h7-8H,6H2,1-5H3,(H2,12,13). The van der Waals surface area contributed by atoms with E-state index in [1.807, 2.05) is 0 Å². The monoisotopic (exact) mass is 243 g/mol. The molecule has 0 saturated carbocycles. The molecule has 4 nitrogen and oxygen atoms in total. The molecule has 0 aliphatic carbocycles. The molecule has 0 saturated heterocycles. The van der Waals surface area contributed by atoms with Crippen molar-refractivity contribution in [3.05, 3.63) is 0 Å². The molecule has 0 spiro atoms. The number of nitrogens with zero attached hydrogens (tertiary/aromatic N) is 2. The van der Waals surface area contributed by atoms with Crippen LogP contribution in [-0.2, 0) is 0 Å². The van der Waals surface area contributed by atoms with Gasteiger partial charge in [-0.3, -0.25) is 0 Å². The molecule has 2 N–H and O–H groups in total. The number of anilines is 2. The van der Waals surface area contributed by atoms with Gasteiger partial charge in [-0.1, -0.05) is 13.8 Å². The van der Waals surface area contributed by atoms with Crippen molar-refractivity contribution in [3.8, 4) is 5.75 Å². The first-order valence-corrected chi connectivity index (χ1v) is 6.30. The summed E-state index contributed by atoms with van der Waals surface area (Å²) in [4.78, 5) is 2.29. The fraction of sp³-hybridized carbons (Fsp3) is 0.727. The van der Waals surface area contributed by atoms with Crippen LogP contribution in [0.3, 0.4) is 0 Å². The first-order chi connectivity index (χ1) is 7.47. The van der Waals surface area contributed by atoms with Crippen molar-refractivity contribution in [2.75, 3.05) is 24.3 Å². The van der Waals surface area contributed by atoms with Crippen molar-refractivity contribution in [1.82, 2.24) is 4.37 Å². The maximum atomic E-state index is 5.77. The second kappa shape index (κ2) is 5.39. The van der Waals surface area contributed by atoms with Crippen LogP contribution in [0.15, 0.2) is 0 Å². The van der Waals surface area contributed by atoms with Gasteiger partial charge in [0, 0.05) is 12.6 Å². The number of aromatic nitrogens is 1. The molecule has 92 valence electrons. The lowest BCUT2D eigenvalue weighted by Gasteiger charge is -2.29. The van der Waals surface area contributed by atoms with Gasteiger partial charge >= 0.3 is 0 Å². The summed E-state index contributed by atoms with van der Waals surface area (Å²) in [6.45, 7) is 9.71. The third-order valence-corrected chi connectivity index (χ3v) is 3.19. The van der Waals surface area contributed by atoms with Gasteiger partial charge in [-0.2, -0.15) is 4.37 Å². The Morgan fingerprint density at radius 3 is 2.44 bits per heavy atom. The number of rotatable bonds is 5. The molecule has 1 aromatic rings. The molecule has 0 aliphatic rings. The van der Waals surface area contributed by atoms with E-state index in [9.17, 15) is 0 Å². The fourth-order valence-corrected chi connectivity index (χ4v) is 2.51. The molecule has 0 fully saturated rings. The number of hydrogen-bond donors (Lipinski definition) is 1. The van der Waals surface area contributed by atoms with Crippen LogP contribution in [0.4, 0.5) is 10.8 Å². The van der Waals surface area contributed by atoms with Crippen LogP contribution < -0.4 is 15.4 Å². The predicted molar refractivity (Wildman–Crippen MR) is 70.4 cm³/mol. The van der Waals surface area contributed by atoms with Crippen LogP contribution in [-0.4, -0.2) is 24.1 Å². The van der Waals surface area contributed by atoms with Gasteiger partial charge < -0.3 is 15.4 Å². The smallest absolute Gasteiger partial charge is 0.197 e. The molecule has 0 atom stereocenters. The first-order valence-electron chi connectivity index (χ1n) is 5.53. The normalized spacial score (nSPS) is 11.2. The van der Waals surface area contributed by atoms with Crippen molar-refractivity contribution >= 4 is 22.4 Å². The Bertz CT molecular complexity index is 336. The molecule has 0 aromatic carbocycles. The highest BCUT2D eigenvalue weighted by Crippen LogP contribution is 2.39. The number of nitrogen functional groups attached to an aromatic ring is 1. The second-order valence-corrected chi connectivity index (χ2v) is 5.30. The van der Waals surface area contributed by atoms with E-state index in [0.717, 1.165) is 11.5 Å². The Hall–Kier alpha value is -0.970. The summed E-state index contributed by atoms with van der Waals surface area (Å²) in [6, 6.07) is 0.413. The Labute approximate surface area is 102 Å². The molecule has 0 aliphatic heterocycles. The predicted octanol–water partition coefficient (Wildman–Crippen LogP) is 2.60. The van der Waals surface area contributed by atoms with Crippen LogP contribution in [0.25, 0.3) is 0 Å². The molecular weight excluding hydrogens is 222 g/mol. The van der Waals surface area contributed by atoms with Crippen LogP contribution >= 0.6 is 11.5 Å². The molecule has 0 bridgehead atoms. The molecule has 0 amide bonds. The lowest BCUT2D eigenvalue weighted by Crippen LogP contribution is -2.33. The van der Waals surface area contributed by atoms with E-state index in [1.54, 1.807) is 7.11 Å². The summed E-state index contributed by atoms with van der Waals surface area (Å²) in [5.74, 6) is 1.78. The molecule has 16 heavy (non-hydrogen) atoms. The minimum Gasteiger partial charge on any atom is -0.490 e. The van der Waals surface area contributed by atoms with Crippen LogP contribution in [0.1, 0.15) is 27.7 Å². The lowest BCUT2D eigenvalue weighted by molar-refractivity contribution is 0.415. The Morgan fingerprint density at radius 1 is 1.38 bits per heavy atom. The van der Waals surface area contributed by atoms with Crippen molar-refractivity contribution < 1.29 is 4.74 Å². The summed E-state index contributed by atoms with van der Waals surface area (Å²) < 4.78 is 9.46.